The molecule has 2 heteroatoms. The Bertz CT molecular complexity index is 351. The van der Waals surface area contributed by atoms with Crippen LogP contribution in [0.15, 0.2) is 0 Å². The fraction of sp³-hybridized carbons (Fsp3) is 0.929. The van der Waals surface area contributed by atoms with Gasteiger partial charge in [-0.1, -0.05) is 13.3 Å². The van der Waals surface area contributed by atoms with Crippen molar-refractivity contribution in [3.8, 4) is 0 Å². The van der Waals surface area contributed by atoms with E-state index in [0.717, 1.165) is 12.8 Å². The van der Waals surface area contributed by atoms with E-state index in [4.69, 9.17) is 0 Å². The first-order valence-corrected chi connectivity index (χ1v) is 6.67. The molecule has 3 aliphatic carbocycles. The van der Waals surface area contributed by atoms with Crippen molar-refractivity contribution >= 4 is 5.78 Å². The maximum absolute atomic E-state index is 12.3. The van der Waals surface area contributed by atoms with E-state index < -0.39 is 5.41 Å². The van der Waals surface area contributed by atoms with Crippen molar-refractivity contribution in [3.05, 3.63) is 0 Å². The van der Waals surface area contributed by atoms with Crippen molar-refractivity contribution in [2.24, 2.45) is 22.2 Å². The topological polar surface area (TPSA) is 37.3 Å². The van der Waals surface area contributed by atoms with Crippen molar-refractivity contribution in [1.82, 2.24) is 0 Å². The molecule has 0 heterocycles. The largest absolute Gasteiger partial charge is 0.395 e. The van der Waals surface area contributed by atoms with Gasteiger partial charge in [0, 0.05) is 6.42 Å². The fourth-order valence-electron chi connectivity index (χ4n) is 5.55. The average molecular weight is 222 g/mol. The second-order valence-electron chi connectivity index (χ2n) is 6.62. The fourth-order valence-corrected chi connectivity index (χ4v) is 5.55. The van der Waals surface area contributed by atoms with Gasteiger partial charge < -0.3 is 5.11 Å². The highest BCUT2D eigenvalue weighted by Gasteiger charge is 2.74. The molecule has 3 saturated carbocycles. The van der Waals surface area contributed by atoms with Gasteiger partial charge in [0.1, 0.15) is 5.78 Å². The van der Waals surface area contributed by atoms with Gasteiger partial charge in [0.2, 0.25) is 0 Å². The monoisotopic (exact) mass is 222 g/mol. The summed E-state index contributed by atoms with van der Waals surface area (Å²) >= 11 is 0. The van der Waals surface area contributed by atoms with Crippen LogP contribution in [0.2, 0.25) is 0 Å². The van der Waals surface area contributed by atoms with E-state index in [1.807, 2.05) is 6.92 Å². The van der Waals surface area contributed by atoms with Crippen LogP contribution in [0.4, 0.5) is 0 Å². The molecule has 0 saturated heterocycles. The third-order valence-electron chi connectivity index (χ3n) is 6.59. The number of rotatable bonds is 1. The van der Waals surface area contributed by atoms with Crippen LogP contribution in [0.1, 0.15) is 52.4 Å². The molecule has 0 aliphatic heterocycles. The lowest BCUT2D eigenvalue weighted by atomic mass is 9.59. The summed E-state index contributed by atoms with van der Waals surface area (Å²) in [7, 11) is 0. The molecule has 16 heavy (non-hydrogen) atoms. The van der Waals surface area contributed by atoms with Crippen molar-refractivity contribution in [1.29, 1.82) is 0 Å². The number of carbonyl (C=O) groups excluding carboxylic acids is 1. The van der Waals surface area contributed by atoms with Gasteiger partial charge in [0.05, 0.1) is 12.0 Å². The molecule has 1 unspecified atom stereocenters. The predicted octanol–water partition coefficient (Wildman–Crippen LogP) is 2.54. The first-order chi connectivity index (χ1) is 7.52. The third-order valence-corrected chi connectivity index (χ3v) is 6.59. The Morgan fingerprint density at radius 3 is 2.81 bits per heavy atom. The van der Waals surface area contributed by atoms with Crippen LogP contribution in [0.3, 0.4) is 0 Å². The van der Waals surface area contributed by atoms with E-state index in [9.17, 15) is 9.90 Å². The predicted molar refractivity (Wildman–Crippen MR) is 61.9 cm³/mol. The molecule has 2 nitrogen and oxygen atoms in total. The number of hydrogen-bond acceptors (Lipinski definition) is 2. The van der Waals surface area contributed by atoms with E-state index in [1.54, 1.807) is 0 Å². The molecule has 0 spiro atoms. The van der Waals surface area contributed by atoms with Gasteiger partial charge in [-0.3, -0.25) is 4.79 Å². The number of aliphatic hydroxyl groups excluding tert-OH is 1. The van der Waals surface area contributed by atoms with E-state index >= 15 is 0 Å². The van der Waals surface area contributed by atoms with Gasteiger partial charge in [0.15, 0.2) is 0 Å². The van der Waals surface area contributed by atoms with Crippen LogP contribution in [0.5, 0.6) is 0 Å². The maximum Gasteiger partial charge on any atom is 0.142 e. The minimum absolute atomic E-state index is 0.0559. The summed E-state index contributed by atoms with van der Waals surface area (Å²) in [5.41, 5.74) is -0.0406. The van der Waals surface area contributed by atoms with Crippen molar-refractivity contribution in [2.75, 3.05) is 6.61 Å². The first kappa shape index (κ1) is 10.8. The zero-order chi connectivity index (χ0) is 11.6. The molecule has 0 aromatic heterocycles. The minimum atomic E-state index is -0.436. The highest BCUT2D eigenvalue weighted by atomic mass is 16.3. The summed E-state index contributed by atoms with van der Waals surface area (Å²) in [6.45, 7) is 4.41. The van der Waals surface area contributed by atoms with E-state index in [-0.39, 0.29) is 17.4 Å². The number of Topliss-reactive ketones (excluding diaryl/α,β-unsaturated/α-hetero) is 1. The van der Waals surface area contributed by atoms with Crippen molar-refractivity contribution in [2.45, 2.75) is 52.4 Å². The number of aliphatic hydroxyl groups is 1. The summed E-state index contributed by atoms with van der Waals surface area (Å²) in [6.07, 6.45) is 6.80. The van der Waals surface area contributed by atoms with Crippen LogP contribution in [-0.4, -0.2) is 17.5 Å². The Labute approximate surface area is 97.4 Å². The Hall–Kier alpha value is -0.370. The molecule has 1 N–H and O–H groups in total. The normalized spacial score (nSPS) is 55.4. The number of carbonyl (C=O) groups is 1. The SMILES string of the molecule is CC1CC[C@]23CCC[C@]12CC(=O)[C@@]3(C)CO. The van der Waals surface area contributed by atoms with Crippen LogP contribution in [0.25, 0.3) is 0 Å². The first-order valence-electron chi connectivity index (χ1n) is 6.67. The smallest absolute Gasteiger partial charge is 0.142 e. The molecule has 3 fully saturated rings. The molecule has 0 radical (unpaired) electrons. The summed E-state index contributed by atoms with van der Waals surface area (Å²) in [6, 6.07) is 0. The van der Waals surface area contributed by atoms with Gasteiger partial charge in [-0.25, -0.2) is 0 Å². The van der Waals surface area contributed by atoms with Gasteiger partial charge in [0.25, 0.3) is 0 Å². The van der Waals surface area contributed by atoms with Gasteiger partial charge in [-0.2, -0.15) is 0 Å². The van der Waals surface area contributed by atoms with Crippen LogP contribution in [0, 0.1) is 22.2 Å². The second-order valence-corrected chi connectivity index (χ2v) is 6.62. The molecule has 0 aromatic rings. The van der Waals surface area contributed by atoms with Gasteiger partial charge in [-0.15, -0.1) is 0 Å². The van der Waals surface area contributed by atoms with Crippen molar-refractivity contribution < 1.29 is 9.90 Å². The Morgan fingerprint density at radius 2 is 2.12 bits per heavy atom. The summed E-state index contributed by atoms with van der Waals surface area (Å²) in [4.78, 5) is 12.3. The zero-order valence-electron chi connectivity index (χ0n) is 10.4. The minimum Gasteiger partial charge on any atom is -0.395 e. The van der Waals surface area contributed by atoms with Crippen LogP contribution in [-0.2, 0) is 4.79 Å². The molecular formula is C14H22O2. The molecule has 90 valence electrons. The van der Waals surface area contributed by atoms with Gasteiger partial charge >= 0.3 is 0 Å². The Kier molecular flexibility index (Phi) is 1.95. The molecule has 3 aliphatic rings. The lowest BCUT2D eigenvalue weighted by Gasteiger charge is -2.44. The van der Waals surface area contributed by atoms with E-state index in [0.29, 0.717) is 11.7 Å². The molecule has 3 rings (SSSR count). The highest BCUT2D eigenvalue weighted by molar-refractivity contribution is 5.90. The lowest BCUT2D eigenvalue weighted by molar-refractivity contribution is -0.132. The summed E-state index contributed by atoms with van der Waals surface area (Å²) < 4.78 is 0. The van der Waals surface area contributed by atoms with Crippen LogP contribution < -0.4 is 0 Å². The van der Waals surface area contributed by atoms with E-state index in [1.165, 1.54) is 25.7 Å². The average Bonchev–Trinajstić information content (AvgIpc) is 2.80. The van der Waals surface area contributed by atoms with Crippen LogP contribution >= 0.6 is 0 Å². The Balaban J connectivity index is 2.17. The van der Waals surface area contributed by atoms with Gasteiger partial charge in [-0.05, 0) is 49.4 Å². The maximum atomic E-state index is 12.3. The quantitative estimate of drug-likeness (QED) is 0.740. The molecular weight excluding hydrogens is 200 g/mol. The molecule has 0 aromatic carbocycles. The standard InChI is InChI=1S/C14H22O2/c1-10-4-7-14-6-3-5-13(10,14)8-11(16)12(14,2)9-15/h10,15H,3-9H2,1-2H3/t10?,12-,13+,14+/m1/s1. The van der Waals surface area contributed by atoms with Crippen molar-refractivity contribution in [3.63, 3.8) is 0 Å². The number of ketones is 1. The molecule has 0 bridgehead atoms. The summed E-state index contributed by atoms with van der Waals surface area (Å²) in [5.74, 6) is 1.01. The lowest BCUT2D eigenvalue weighted by Crippen LogP contribution is -2.44. The number of hydrogen-bond donors (Lipinski definition) is 1. The third kappa shape index (κ3) is 0.816. The molecule has 4 atom stereocenters. The van der Waals surface area contributed by atoms with E-state index in [2.05, 4.69) is 6.92 Å². The molecule has 0 amide bonds. The summed E-state index contributed by atoms with van der Waals surface area (Å²) in [5, 5.41) is 9.75. The highest BCUT2D eigenvalue weighted by Crippen LogP contribution is 2.77. The second kappa shape index (κ2) is 2.90. The zero-order valence-corrected chi connectivity index (χ0v) is 10.4. The Morgan fingerprint density at radius 1 is 1.38 bits per heavy atom.